The summed E-state index contributed by atoms with van der Waals surface area (Å²) in [5, 5.41) is 19.0. The number of nitrogens with zero attached hydrogens (tertiary/aromatic N) is 4. The highest BCUT2D eigenvalue weighted by atomic mass is 16.5. The van der Waals surface area contributed by atoms with E-state index in [1.54, 1.807) is 17.9 Å². The first-order valence-corrected chi connectivity index (χ1v) is 8.64. The average molecular weight is 352 g/mol. The van der Waals surface area contributed by atoms with Gasteiger partial charge in [-0.05, 0) is 25.0 Å². The third-order valence-electron chi connectivity index (χ3n) is 4.56. The number of aliphatic hydroxyl groups is 1. The van der Waals surface area contributed by atoms with Crippen molar-refractivity contribution in [1.82, 2.24) is 19.8 Å². The molecule has 4 rings (SSSR count). The summed E-state index contributed by atoms with van der Waals surface area (Å²) in [6, 6.07) is 13.0. The molecule has 26 heavy (non-hydrogen) atoms. The van der Waals surface area contributed by atoms with Gasteiger partial charge in [0.2, 0.25) is 0 Å². The average Bonchev–Trinajstić information content (AvgIpc) is 3.22. The first-order valence-electron chi connectivity index (χ1n) is 8.64. The van der Waals surface area contributed by atoms with Gasteiger partial charge < -0.3 is 14.5 Å². The van der Waals surface area contributed by atoms with E-state index in [2.05, 4.69) is 10.3 Å². The Morgan fingerprint density at radius 2 is 2.04 bits per heavy atom. The molecular weight excluding hydrogens is 332 g/mol. The number of rotatable bonds is 3. The highest BCUT2D eigenvalue weighted by Gasteiger charge is 2.25. The Kier molecular flexibility index (Phi) is 4.30. The van der Waals surface area contributed by atoms with Crippen molar-refractivity contribution in [2.24, 2.45) is 0 Å². The van der Waals surface area contributed by atoms with Gasteiger partial charge >= 0.3 is 0 Å². The molecule has 1 aliphatic heterocycles. The van der Waals surface area contributed by atoms with Crippen LogP contribution in [0.2, 0.25) is 0 Å². The number of benzene rings is 1. The molecule has 1 aromatic carbocycles. The molecule has 0 radical (unpaired) electrons. The monoisotopic (exact) mass is 352 g/mol. The molecule has 0 saturated carbocycles. The molecule has 0 saturated heterocycles. The second-order valence-corrected chi connectivity index (χ2v) is 6.50. The number of aryl methyl sites for hydroxylation is 2. The van der Waals surface area contributed by atoms with Crippen LogP contribution in [0, 0.1) is 6.92 Å². The van der Waals surface area contributed by atoms with E-state index in [4.69, 9.17) is 4.52 Å². The van der Waals surface area contributed by atoms with Crippen LogP contribution in [0.5, 0.6) is 0 Å². The number of aliphatic hydroxyl groups excluding tert-OH is 1. The van der Waals surface area contributed by atoms with Crippen molar-refractivity contribution in [2.45, 2.75) is 32.5 Å². The maximum Gasteiger partial charge on any atom is 0.276 e. The summed E-state index contributed by atoms with van der Waals surface area (Å²) in [4.78, 5) is 14.4. The van der Waals surface area contributed by atoms with Crippen LogP contribution < -0.4 is 0 Å². The minimum atomic E-state index is -0.780. The molecule has 7 nitrogen and oxygen atoms in total. The smallest absolute Gasteiger partial charge is 0.276 e. The van der Waals surface area contributed by atoms with Crippen molar-refractivity contribution in [3.63, 3.8) is 0 Å². The second-order valence-electron chi connectivity index (χ2n) is 6.50. The van der Waals surface area contributed by atoms with Gasteiger partial charge in [-0.25, -0.2) is 0 Å². The van der Waals surface area contributed by atoms with Gasteiger partial charge in [-0.1, -0.05) is 35.5 Å². The van der Waals surface area contributed by atoms with Gasteiger partial charge in [0.1, 0.15) is 11.9 Å². The molecule has 2 aromatic heterocycles. The number of hydrogen-bond acceptors (Lipinski definition) is 5. The second kappa shape index (κ2) is 6.76. The lowest BCUT2D eigenvalue weighted by atomic mass is 10.1. The summed E-state index contributed by atoms with van der Waals surface area (Å²) < 4.78 is 6.89. The van der Waals surface area contributed by atoms with Crippen molar-refractivity contribution < 1.29 is 14.4 Å². The highest BCUT2D eigenvalue weighted by molar-refractivity contribution is 5.92. The summed E-state index contributed by atoms with van der Waals surface area (Å²) >= 11 is 0. The van der Waals surface area contributed by atoms with Crippen LogP contribution in [-0.4, -0.2) is 37.4 Å². The van der Waals surface area contributed by atoms with Crippen LogP contribution in [0.4, 0.5) is 0 Å². The zero-order chi connectivity index (χ0) is 18.1. The highest BCUT2D eigenvalue weighted by Crippen LogP contribution is 2.24. The number of amides is 1. The molecule has 0 fully saturated rings. The molecule has 3 aromatic rings. The lowest BCUT2D eigenvalue weighted by molar-refractivity contribution is 0.0735. The van der Waals surface area contributed by atoms with Gasteiger partial charge in [0.05, 0.1) is 17.9 Å². The molecular formula is C19H20N4O3. The zero-order valence-corrected chi connectivity index (χ0v) is 14.5. The van der Waals surface area contributed by atoms with Crippen LogP contribution in [-0.2, 0) is 13.1 Å². The normalized spacial score (nSPS) is 15.4. The first kappa shape index (κ1) is 16.5. The summed E-state index contributed by atoms with van der Waals surface area (Å²) in [5.74, 6) is 0.461. The number of carbonyl (C=O) groups is 1. The van der Waals surface area contributed by atoms with Crippen molar-refractivity contribution in [3.05, 3.63) is 70.9 Å². The predicted octanol–water partition coefficient (Wildman–Crippen LogP) is 2.31. The standard InChI is InChI=1S/C19H20N4O3/c1-13-10-17(21-26-13)19(25)22-8-5-9-23-15(12-22)11-16(20-23)18(24)14-6-3-2-4-7-14/h2-4,6-7,10-11,18,24H,5,8-9,12H2,1H3/t18-/m1/s1. The number of hydrogen-bond donors (Lipinski definition) is 1. The molecule has 134 valence electrons. The Labute approximate surface area is 150 Å². The van der Waals surface area contributed by atoms with Gasteiger partial charge in [0, 0.05) is 19.2 Å². The van der Waals surface area contributed by atoms with E-state index in [0.29, 0.717) is 36.8 Å². The Hall–Kier alpha value is -2.93. The minimum Gasteiger partial charge on any atom is -0.382 e. The molecule has 7 heteroatoms. The summed E-state index contributed by atoms with van der Waals surface area (Å²) in [6.07, 6.45) is 0.0101. The summed E-state index contributed by atoms with van der Waals surface area (Å²) in [7, 11) is 0. The Morgan fingerprint density at radius 1 is 1.23 bits per heavy atom. The minimum absolute atomic E-state index is 0.151. The molecule has 0 unspecified atom stereocenters. The van der Waals surface area contributed by atoms with E-state index in [0.717, 1.165) is 17.7 Å². The largest absolute Gasteiger partial charge is 0.382 e. The lowest BCUT2D eigenvalue weighted by Crippen LogP contribution is -2.30. The Balaban J connectivity index is 1.57. The summed E-state index contributed by atoms with van der Waals surface area (Å²) in [6.45, 7) is 3.53. The van der Waals surface area contributed by atoms with E-state index in [1.807, 2.05) is 41.1 Å². The first-order chi connectivity index (χ1) is 12.6. The molecule has 0 bridgehead atoms. The third-order valence-corrected chi connectivity index (χ3v) is 4.56. The van der Waals surface area contributed by atoms with Crippen molar-refractivity contribution in [2.75, 3.05) is 6.54 Å². The number of fused-ring (bicyclic) bond motifs is 1. The molecule has 1 aliphatic rings. The molecule has 3 heterocycles. The van der Waals surface area contributed by atoms with Crippen LogP contribution in [0.1, 0.15) is 45.7 Å². The molecule has 1 N–H and O–H groups in total. The molecule has 1 atom stereocenters. The predicted molar refractivity (Wildman–Crippen MR) is 93.3 cm³/mol. The topological polar surface area (TPSA) is 84.4 Å². The fourth-order valence-electron chi connectivity index (χ4n) is 3.23. The molecule has 0 aliphatic carbocycles. The Morgan fingerprint density at radius 3 is 2.77 bits per heavy atom. The maximum atomic E-state index is 12.7. The van der Waals surface area contributed by atoms with Crippen LogP contribution in [0.3, 0.4) is 0 Å². The van der Waals surface area contributed by atoms with E-state index in [-0.39, 0.29) is 5.91 Å². The van der Waals surface area contributed by atoms with E-state index in [1.165, 1.54) is 0 Å². The van der Waals surface area contributed by atoms with Crippen LogP contribution in [0.15, 0.2) is 47.0 Å². The molecule has 0 spiro atoms. The lowest BCUT2D eigenvalue weighted by Gasteiger charge is -2.18. The fraction of sp³-hybridized carbons (Fsp3) is 0.316. The van der Waals surface area contributed by atoms with E-state index in [9.17, 15) is 9.90 Å². The van der Waals surface area contributed by atoms with Crippen molar-refractivity contribution in [1.29, 1.82) is 0 Å². The molecule has 1 amide bonds. The van der Waals surface area contributed by atoms with Gasteiger partial charge in [0.15, 0.2) is 5.69 Å². The van der Waals surface area contributed by atoms with Crippen molar-refractivity contribution >= 4 is 5.91 Å². The number of carbonyl (C=O) groups excluding carboxylic acids is 1. The third kappa shape index (κ3) is 3.13. The maximum absolute atomic E-state index is 12.7. The Bertz CT molecular complexity index is 916. The van der Waals surface area contributed by atoms with Gasteiger partial charge in [-0.15, -0.1) is 0 Å². The van der Waals surface area contributed by atoms with Crippen LogP contribution in [0.25, 0.3) is 0 Å². The van der Waals surface area contributed by atoms with Gasteiger partial charge in [-0.2, -0.15) is 5.10 Å². The van der Waals surface area contributed by atoms with Crippen LogP contribution >= 0.6 is 0 Å². The fourth-order valence-corrected chi connectivity index (χ4v) is 3.23. The SMILES string of the molecule is Cc1cc(C(=O)N2CCCn3nc([C@H](O)c4ccccc4)cc3C2)no1. The summed E-state index contributed by atoms with van der Waals surface area (Å²) in [5.41, 5.74) is 2.62. The van der Waals surface area contributed by atoms with E-state index < -0.39 is 6.10 Å². The van der Waals surface area contributed by atoms with Gasteiger partial charge in [0.25, 0.3) is 5.91 Å². The zero-order valence-electron chi connectivity index (χ0n) is 14.5. The van der Waals surface area contributed by atoms with Gasteiger partial charge in [-0.3, -0.25) is 9.48 Å². The number of aromatic nitrogens is 3. The van der Waals surface area contributed by atoms with E-state index >= 15 is 0 Å². The van der Waals surface area contributed by atoms with Crippen molar-refractivity contribution in [3.8, 4) is 0 Å². The quantitative estimate of drug-likeness (QED) is 0.782.